The molecular formula is C18H21BrN6S. The number of nitrogens with one attached hydrogen (secondary N) is 1. The summed E-state index contributed by atoms with van der Waals surface area (Å²) in [4.78, 5) is 16.4. The molecule has 0 spiro atoms. The van der Waals surface area contributed by atoms with Crippen LogP contribution < -0.4 is 11.1 Å². The molecule has 0 aliphatic heterocycles. The first-order valence-electron chi connectivity index (χ1n) is 8.31. The summed E-state index contributed by atoms with van der Waals surface area (Å²) in [5.74, 6) is 1.34. The van der Waals surface area contributed by atoms with Gasteiger partial charge in [-0.2, -0.15) is 15.0 Å². The van der Waals surface area contributed by atoms with E-state index in [0.717, 1.165) is 22.4 Å². The number of thiophene rings is 1. The number of halogens is 1. The van der Waals surface area contributed by atoms with Gasteiger partial charge in [-0.05, 0) is 53.2 Å². The van der Waals surface area contributed by atoms with Gasteiger partial charge in [-0.15, -0.1) is 11.3 Å². The molecule has 2 heterocycles. The SMILES string of the molecule is CCc1ccccc1Nc1nc(N)nc(CN(C)Cc2ccc(Br)s2)n1. The zero-order valence-electron chi connectivity index (χ0n) is 14.7. The Morgan fingerprint density at radius 1 is 1.12 bits per heavy atom. The number of nitrogens with two attached hydrogens (primary N) is 1. The van der Waals surface area contributed by atoms with E-state index in [1.165, 1.54) is 10.4 Å². The second kappa shape index (κ2) is 8.57. The molecule has 26 heavy (non-hydrogen) atoms. The van der Waals surface area contributed by atoms with Crippen LogP contribution in [0.25, 0.3) is 0 Å². The molecule has 3 N–H and O–H groups in total. The Morgan fingerprint density at radius 2 is 1.92 bits per heavy atom. The smallest absolute Gasteiger partial charge is 0.232 e. The molecule has 0 saturated heterocycles. The second-order valence-corrected chi connectivity index (χ2v) is 8.49. The minimum Gasteiger partial charge on any atom is -0.368 e. The van der Waals surface area contributed by atoms with Crippen LogP contribution in [0.4, 0.5) is 17.6 Å². The van der Waals surface area contributed by atoms with Crippen molar-refractivity contribution in [1.29, 1.82) is 0 Å². The molecule has 6 nitrogen and oxygen atoms in total. The molecule has 8 heteroatoms. The third-order valence-electron chi connectivity index (χ3n) is 3.81. The number of aromatic nitrogens is 3. The van der Waals surface area contributed by atoms with Gasteiger partial charge >= 0.3 is 0 Å². The van der Waals surface area contributed by atoms with E-state index in [2.05, 4.69) is 66.2 Å². The van der Waals surface area contributed by atoms with Crippen LogP contribution in [0.5, 0.6) is 0 Å². The first-order chi connectivity index (χ1) is 12.5. The Morgan fingerprint density at radius 3 is 2.65 bits per heavy atom. The number of nitrogen functional groups attached to an aromatic ring is 1. The molecule has 0 unspecified atom stereocenters. The topological polar surface area (TPSA) is 80.0 Å². The van der Waals surface area contributed by atoms with Crippen molar-refractivity contribution in [3.8, 4) is 0 Å². The zero-order valence-corrected chi connectivity index (χ0v) is 17.1. The van der Waals surface area contributed by atoms with E-state index in [9.17, 15) is 0 Å². The lowest BCUT2D eigenvalue weighted by atomic mass is 10.1. The van der Waals surface area contributed by atoms with Crippen molar-refractivity contribution in [2.75, 3.05) is 18.1 Å². The van der Waals surface area contributed by atoms with E-state index in [0.29, 0.717) is 18.3 Å². The summed E-state index contributed by atoms with van der Waals surface area (Å²) in [7, 11) is 2.03. The molecular weight excluding hydrogens is 412 g/mol. The molecule has 0 atom stereocenters. The highest BCUT2D eigenvalue weighted by molar-refractivity contribution is 9.11. The van der Waals surface area contributed by atoms with Gasteiger partial charge in [0, 0.05) is 17.1 Å². The molecule has 0 aliphatic carbocycles. The van der Waals surface area contributed by atoms with E-state index in [1.807, 2.05) is 25.2 Å². The Balaban J connectivity index is 1.72. The van der Waals surface area contributed by atoms with Crippen LogP contribution in [-0.4, -0.2) is 26.9 Å². The molecule has 0 radical (unpaired) electrons. The second-order valence-electron chi connectivity index (χ2n) is 5.95. The summed E-state index contributed by atoms with van der Waals surface area (Å²) < 4.78 is 1.13. The Kier molecular flexibility index (Phi) is 6.18. The highest BCUT2D eigenvalue weighted by Crippen LogP contribution is 2.23. The maximum absolute atomic E-state index is 5.89. The van der Waals surface area contributed by atoms with Crippen LogP contribution >= 0.6 is 27.3 Å². The van der Waals surface area contributed by atoms with Crippen LogP contribution in [0.15, 0.2) is 40.2 Å². The van der Waals surface area contributed by atoms with E-state index in [1.54, 1.807) is 11.3 Å². The van der Waals surface area contributed by atoms with Crippen molar-refractivity contribution in [3.63, 3.8) is 0 Å². The summed E-state index contributed by atoms with van der Waals surface area (Å²) in [5.41, 5.74) is 8.08. The maximum Gasteiger partial charge on any atom is 0.232 e. The van der Waals surface area contributed by atoms with Crippen LogP contribution in [-0.2, 0) is 19.5 Å². The Hall–Kier alpha value is -2.03. The summed E-state index contributed by atoms with van der Waals surface area (Å²) in [6, 6.07) is 12.3. The normalized spacial score (nSPS) is 11.1. The van der Waals surface area contributed by atoms with Crippen molar-refractivity contribution in [3.05, 3.63) is 56.4 Å². The number of nitrogens with zero attached hydrogens (tertiary/aromatic N) is 4. The Bertz CT molecular complexity index is 882. The van der Waals surface area contributed by atoms with Crippen LogP contribution in [0, 0.1) is 0 Å². The van der Waals surface area contributed by atoms with Gasteiger partial charge in [0.2, 0.25) is 11.9 Å². The lowest BCUT2D eigenvalue weighted by Crippen LogP contribution is -2.19. The number of hydrogen-bond acceptors (Lipinski definition) is 7. The van der Waals surface area contributed by atoms with Gasteiger partial charge in [-0.3, -0.25) is 4.90 Å². The number of rotatable bonds is 7. The van der Waals surface area contributed by atoms with Gasteiger partial charge in [-0.1, -0.05) is 25.1 Å². The fourth-order valence-corrected chi connectivity index (χ4v) is 4.20. The lowest BCUT2D eigenvalue weighted by Gasteiger charge is -2.15. The largest absolute Gasteiger partial charge is 0.368 e. The predicted octanol–water partition coefficient (Wildman–Crippen LogP) is 4.22. The van der Waals surface area contributed by atoms with Crippen LogP contribution in [0.3, 0.4) is 0 Å². The fourth-order valence-electron chi connectivity index (χ4n) is 2.64. The molecule has 3 rings (SSSR count). The number of benzene rings is 1. The fraction of sp³-hybridized carbons (Fsp3) is 0.278. The van der Waals surface area contributed by atoms with Crippen molar-refractivity contribution in [2.24, 2.45) is 0 Å². The van der Waals surface area contributed by atoms with Gasteiger partial charge in [0.05, 0.1) is 10.3 Å². The molecule has 2 aromatic heterocycles. The molecule has 0 saturated carbocycles. The molecule has 1 aromatic carbocycles. The van der Waals surface area contributed by atoms with Gasteiger partial charge in [0.15, 0.2) is 0 Å². The molecule has 0 bridgehead atoms. The summed E-state index contributed by atoms with van der Waals surface area (Å²) in [5, 5.41) is 3.27. The van der Waals surface area contributed by atoms with E-state index >= 15 is 0 Å². The van der Waals surface area contributed by atoms with E-state index < -0.39 is 0 Å². The quantitative estimate of drug-likeness (QED) is 0.581. The average Bonchev–Trinajstić information content (AvgIpc) is 2.99. The zero-order chi connectivity index (χ0) is 18.5. The number of hydrogen-bond donors (Lipinski definition) is 2. The Labute approximate surface area is 165 Å². The van der Waals surface area contributed by atoms with Gasteiger partial charge < -0.3 is 11.1 Å². The minimum absolute atomic E-state index is 0.221. The maximum atomic E-state index is 5.89. The number of para-hydroxylation sites is 1. The monoisotopic (exact) mass is 432 g/mol. The molecule has 0 amide bonds. The average molecular weight is 433 g/mol. The highest BCUT2D eigenvalue weighted by Gasteiger charge is 2.10. The molecule has 136 valence electrons. The number of anilines is 3. The van der Waals surface area contributed by atoms with E-state index in [-0.39, 0.29) is 5.95 Å². The third kappa shape index (κ3) is 5.00. The van der Waals surface area contributed by atoms with Crippen molar-refractivity contribution >= 4 is 44.9 Å². The van der Waals surface area contributed by atoms with Crippen molar-refractivity contribution in [1.82, 2.24) is 19.9 Å². The highest BCUT2D eigenvalue weighted by atomic mass is 79.9. The van der Waals surface area contributed by atoms with Crippen LogP contribution in [0.2, 0.25) is 0 Å². The van der Waals surface area contributed by atoms with Crippen molar-refractivity contribution < 1.29 is 0 Å². The molecule has 0 fully saturated rings. The lowest BCUT2D eigenvalue weighted by molar-refractivity contribution is 0.313. The minimum atomic E-state index is 0.221. The van der Waals surface area contributed by atoms with Gasteiger partial charge in [0.25, 0.3) is 0 Å². The van der Waals surface area contributed by atoms with E-state index in [4.69, 9.17) is 5.73 Å². The molecule has 3 aromatic rings. The first-order valence-corrected chi connectivity index (χ1v) is 9.92. The van der Waals surface area contributed by atoms with Gasteiger partial charge in [0.1, 0.15) is 5.82 Å². The predicted molar refractivity (Wildman–Crippen MR) is 111 cm³/mol. The number of aryl methyl sites for hydroxylation is 1. The van der Waals surface area contributed by atoms with Gasteiger partial charge in [-0.25, -0.2) is 0 Å². The van der Waals surface area contributed by atoms with Crippen LogP contribution in [0.1, 0.15) is 23.2 Å². The summed E-state index contributed by atoms with van der Waals surface area (Å²) in [6.45, 7) is 3.53. The summed E-state index contributed by atoms with van der Waals surface area (Å²) >= 11 is 5.22. The molecule has 0 aliphatic rings. The standard InChI is InChI=1S/C18H21BrN6S/c1-3-12-6-4-5-7-14(12)21-18-23-16(22-17(20)24-18)11-25(2)10-13-8-9-15(19)26-13/h4-9H,3,10-11H2,1-2H3,(H3,20,21,22,23,24). The summed E-state index contributed by atoms with van der Waals surface area (Å²) in [6.07, 6.45) is 0.926. The third-order valence-corrected chi connectivity index (χ3v) is 5.42. The first kappa shape index (κ1) is 18.8. The van der Waals surface area contributed by atoms with Crippen molar-refractivity contribution in [2.45, 2.75) is 26.4 Å².